The van der Waals surface area contributed by atoms with Crippen LogP contribution >= 0.6 is 23.2 Å². The van der Waals surface area contributed by atoms with Crippen molar-refractivity contribution in [3.05, 3.63) is 116 Å². The molecule has 14 heteroatoms. The zero-order chi connectivity index (χ0) is 47.3. The Morgan fingerprint density at radius 2 is 1.05 bits per heavy atom. The minimum absolute atomic E-state index is 0.270. The molecule has 4 aromatic carbocycles. The molecule has 4 aromatic rings. The largest absolute Gasteiger partial charge is 0.497 e. The van der Waals surface area contributed by atoms with Crippen molar-refractivity contribution < 1.29 is 47.5 Å². The van der Waals surface area contributed by atoms with E-state index in [2.05, 4.69) is 0 Å². The summed E-state index contributed by atoms with van der Waals surface area (Å²) in [4.78, 5) is 40.9. The highest BCUT2D eigenvalue weighted by Gasteiger charge is 2.28. The van der Waals surface area contributed by atoms with Crippen LogP contribution < -0.4 is 18.9 Å². The van der Waals surface area contributed by atoms with Gasteiger partial charge in [-0.3, -0.25) is 4.79 Å². The highest BCUT2D eigenvalue weighted by Crippen LogP contribution is 2.27. The number of benzene rings is 4. The Morgan fingerprint density at radius 3 is 1.41 bits per heavy atom. The van der Waals surface area contributed by atoms with E-state index in [-0.39, 0.29) is 12.6 Å². The lowest BCUT2D eigenvalue weighted by Gasteiger charge is -2.26. The molecule has 0 saturated heterocycles. The van der Waals surface area contributed by atoms with Gasteiger partial charge in [-0.1, -0.05) is 49.2 Å². The highest BCUT2D eigenvalue weighted by atomic mass is 35.5. The maximum Gasteiger partial charge on any atom is 0.413 e. The fourth-order valence-corrected chi connectivity index (χ4v) is 6.79. The summed E-state index contributed by atoms with van der Waals surface area (Å²) in [5.41, 5.74) is 5.00. The number of aryl methyl sites for hydroxylation is 2. The number of hydrogen-bond donors (Lipinski definition) is 0. The lowest BCUT2D eigenvalue weighted by atomic mass is 9.97. The molecular formula is C49H66Cl2N2O10. The van der Waals surface area contributed by atoms with Gasteiger partial charge in [-0.15, -0.1) is 0 Å². The van der Waals surface area contributed by atoms with Gasteiger partial charge in [0.05, 0.1) is 40.5 Å². The van der Waals surface area contributed by atoms with Crippen molar-refractivity contribution in [2.45, 2.75) is 94.5 Å². The molecule has 1 unspecified atom stereocenters. The second-order valence-corrected chi connectivity index (χ2v) is 16.2. The fraction of sp³-hybridized carbons (Fsp3) is 0.449. The molecule has 4 rings (SSSR count). The summed E-state index contributed by atoms with van der Waals surface area (Å²) in [5, 5.41) is 1.24. The van der Waals surface area contributed by atoms with E-state index < -0.39 is 23.8 Å². The van der Waals surface area contributed by atoms with Crippen LogP contribution in [0.3, 0.4) is 0 Å². The lowest BCUT2D eigenvalue weighted by Crippen LogP contribution is -2.37. The zero-order valence-electron chi connectivity index (χ0n) is 39.2. The summed E-state index contributed by atoms with van der Waals surface area (Å²) < 4.78 is 37.5. The summed E-state index contributed by atoms with van der Waals surface area (Å²) >= 11 is 12.4. The molecule has 2 amide bonds. The van der Waals surface area contributed by atoms with E-state index >= 15 is 0 Å². The number of hydrogen-bond acceptors (Lipinski definition) is 10. The number of methoxy groups -OCH3 is 4. The Kier molecular flexibility index (Phi) is 23.0. The van der Waals surface area contributed by atoms with Gasteiger partial charge in [0.25, 0.3) is 0 Å². The average molecular weight is 914 g/mol. The van der Waals surface area contributed by atoms with E-state index in [1.54, 1.807) is 65.9 Å². The SMILES string of the molecule is CC.CCOC(=O)N(CCc1cc(OC)ccc1OC)Cc1cc(C)cc(Cl)c1.COc1ccc(OC)c(CCN(Cc2cc(C)cc(Cl)c2)C(=O)OC(C)OC(=O)C(C)(C)C)c1. The highest BCUT2D eigenvalue weighted by molar-refractivity contribution is 6.31. The van der Waals surface area contributed by atoms with Gasteiger partial charge < -0.3 is 43.0 Å². The number of carbonyl (C=O) groups excluding carboxylic acids is 3. The number of rotatable bonds is 17. The molecule has 0 heterocycles. The van der Waals surface area contributed by atoms with Gasteiger partial charge in [-0.2, -0.15) is 0 Å². The molecule has 0 aliphatic rings. The van der Waals surface area contributed by atoms with E-state index in [1.165, 1.54) is 6.92 Å². The number of carbonyl (C=O) groups is 3. The maximum absolute atomic E-state index is 13.1. The number of amides is 2. The average Bonchev–Trinajstić information content (AvgIpc) is 3.23. The maximum atomic E-state index is 13.1. The van der Waals surface area contributed by atoms with E-state index in [0.717, 1.165) is 44.9 Å². The second kappa shape index (κ2) is 27.0. The molecule has 0 N–H and O–H groups in total. The number of ether oxygens (including phenoxy) is 7. The van der Waals surface area contributed by atoms with E-state index in [0.29, 0.717) is 60.6 Å². The van der Waals surface area contributed by atoms with Crippen LogP contribution in [0.15, 0.2) is 72.8 Å². The first-order valence-electron chi connectivity index (χ1n) is 20.9. The van der Waals surface area contributed by atoms with Crippen molar-refractivity contribution in [2.24, 2.45) is 5.41 Å². The zero-order valence-corrected chi connectivity index (χ0v) is 40.7. The molecule has 346 valence electrons. The molecule has 0 bridgehead atoms. The molecule has 0 aliphatic carbocycles. The Morgan fingerprint density at radius 1 is 0.619 bits per heavy atom. The summed E-state index contributed by atoms with van der Waals surface area (Å²) in [6, 6.07) is 22.5. The summed E-state index contributed by atoms with van der Waals surface area (Å²) in [5.74, 6) is 2.45. The van der Waals surface area contributed by atoms with Crippen molar-refractivity contribution in [3.63, 3.8) is 0 Å². The lowest BCUT2D eigenvalue weighted by molar-refractivity contribution is -0.175. The molecule has 1 atom stereocenters. The van der Waals surface area contributed by atoms with Crippen molar-refractivity contribution in [1.29, 1.82) is 0 Å². The van der Waals surface area contributed by atoms with Crippen LogP contribution in [0.1, 0.15) is 81.8 Å². The van der Waals surface area contributed by atoms with Crippen molar-refractivity contribution in [2.75, 3.05) is 48.1 Å². The molecule has 12 nitrogen and oxygen atoms in total. The monoisotopic (exact) mass is 912 g/mol. The van der Waals surface area contributed by atoms with Gasteiger partial charge >= 0.3 is 18.2 Å². The van der Waals surface area contributed by atoms with E-state index in [9.17, 15) is 14.4 Å². The first kappa shape index (κ1) is 53.8. The smallest absolute Gasteiger partial charge is 0.413 e. The fourth-order valence-electron chi connectivity index (χ4n) is 6.17. The summed E-state index contributed by atoms with van der Waals surface area (Å²) in [7, 11) is 6.44. The Bertz CT molecular complexity index is 2030. The Balaban J connectivity index is 0.000000427. The number of halogens is 2. The number of esters is 1. The molecule has 0 aliphatic heterocycles. The Labute approximate surface area is 384 Å². The minimum atomic E-state index is -1.03. The standard InChI is InChI=1S/C26H34ClNO6.C21H26ClNO4.C2H6/c1-17-12-19(14-21(27)13-17)16-28(25(30)34-18(2)33-24(29)26(3,4)5)11-10-20-15-22(31-6)8-9-23(20)32-7;1-5-27-21(24)23(14-16-10-15(2)11-18(22)12-16)9-8-17-13-19(25-3)6-7-20(17)26-4;1-2/h8-9,12-15,18H,10-11,16H2,1-7H3;6-7,10-13H,5,8-9,14H2,1-4H3;1-2H3. The van der Waals surface area contributed by atoms with Crippen molar-refractivity contribution in [1.82, 2.24) is 9.80 Å². The van der Waals surface area contributed by atoms with Crippen LogP contribution in [0.5, 0.6) is 23.0 Å². The van der Waals surface area contributed by atoms with Gasteiger partial charge in [0.15, 0.2) is 0 Å². The molecule has 0 radical (unpaired) electrons. The molecular weight excluding hydrogens is 847 g/mol. The van der Waals surface area contributed by atoms with Crippen LogP contribution in [0.4, 0.5) is 9.59 Å². The second-order valence-electron chi connectivity index (χ2n) is 15.3. The van der Waals surface area contributed by atoms with Gasteiger partial charge in [0.1, 0.15) is 23.0 Å². The van der Waals surface area contributed by atoms with Crippen molar-refractivity contribution in [3.8, 4) is 23.0 Å². The topological polar surface area (TPSA) is 122 Å². The van der Waals surface area contributed by atoms with Crippen molar-refractivity contribution >= 4 is 41.4 Å². The predicted octanol–water partition coefficient (Wildman–Crippen LogP) is 11.7. The van der Waals surface area contributed by atoms with Gasteiger partial charge in [-0.25, -0.2) is 9.59 Å². The van der Waals surface area contributed by atoms with Gasteiger partial charge in [0, 0.05) is 43.1 Å². The number of nitrogens with zero attached hydrogens (tertiary/aromatic N) is 2. The minimum Gasteiger partial charge on any atom is -0.497 e. The van der Waals surface area contributed by atoms with Gasteiger partial charge in [0.2, 0.25) is 6.29 Å². The van der Waals surface area contributed by atoms with E-state index in [4.69, 9.17) is 56.4 Å². The molecule has 0 aromatic heterocycles. The molecule has 63 heavy (non-hydrogen) atoms. The molecule has 0 spiro atoms. The van der Waals surface area contributed by atoms with E-state index in [1.807, 2.05) is 100 Å². The quantitative estimate of drug-likeness (QED) is 0.0747. The third-order valence-electron chi connectivity index (χ3n) is 9.16. The third-order valence-corrected chi connectivity index (χ3v) is 9.60. The Hall–Kier alpha value is -5.33. The molecule has 0 fully saturated rings. The predicted molar refractivity (Wildman–Crippen MR) is 250 cm³/mol. The summed E-state index contributed by atoms with van der Waals surface area (Å²) in [6.45, 7) is 18.3. The van der Waals surface area contributed by atoms with Crippen LogP contribution in [-0.4, -0.2) is 82.4 Å². The molecule has 0 saturated carbocycles. The van der Waals surface area contributed by atoms with Crippen LogP contribution in [0.25, 0.3) is 0 Å². The van der Waals surface area contributed by atoms with Crippen LogP contribution in [0.2, 0.25) is 10.0 Å². The van der Waals surface area contributed by atoms with Crippen LogP contribution in [0, 0.1) is 19.3 Å². The summed E-state index contributed by atoms with van der Waals surface area (Å²) in [6.07, 6.45) is -0.885. The van der Waals surface area contributed by atoms with Gasteiger partial charge in [-0.05, 0) is 148 Å². The first-order chi connectivity index (χ1) is 29.9. The normalized spacial score (nSPS) is 11.0. The third kappa shape index (κ3) is 18.5. The van der Waals surface area contributed by atoms with Crippen LogP contribution in [-0.2, 0) is 44.9 Å². The first-order valence-corrected chi connectivity index (χ1v) is 21.7.